The van der Waals surface area contributed by atoms with Crippen LogP contribution in [0.1, 0.15) is 12.8 Å². The molecule has 3 rings (SSSR count). The summed E-state index contributed by atoms with van der Waals surface area (Å²) in [5.41, 5.74) is 0. The van der Waals surface area contributed by atoms with Crippen molar-refractivity contribution in [3.63, 3.8) is 0 Å². The van der Waals surface area contributed by atoms with Crippen molar-refractivity contribution >= 4 is 23.7 Å². The smallest absolute Gasteiger partial charge is 0.313 e. The third kappa shape index (κ3) is 11.1. The zero-order valence-corrected chi connectivity index (χ0v) is 24.4. The molecular formula is C28H34F5N3O9. The van der Waals surface area contributed by atoms with Gasteiger partial charge in [0.1, 0.15) is 0 Å². The molecule has 0 N–H and O–H groups in total. The van der Waals surface area contributed by atoms with Gasteiger partial charge < -0.3 is 28.6 Å². The number of ether oxygens (including phenoxy) is 5. The van der Waals surface area contributed by atoms with Crippen molar-refractivity contribution in [2.45, 2.75) is 12.8 Å². The molecule has 250 valence electrons. The lowest BCUT2D eigenvalue weighted by atomic mass is 10.2. The van der Waals surface area contributed by atoms with Crippen LogP contribution in [0.3, 0.4) is 0 Å². The second-order valence-electron chi connectivity index (χ2n) is 9.71. The zero-order valence-electron chi connectivity index (χ0n) is 24.4. The largest absolute Gasteiger partial charge is 0.420 e. The normalized spacial score (nSPS) is 15.4. The van der Waals surface area contributed by atoms with Gasteiger partial charge >= 0.3 is 5.97 Å². The molecule has 17 heteroatoms. The quantitative estimate of drug-likeness (QED) is 0.0410. The summed E-state index contributed by atoms with van der Waals surface area (Å²) >= 11 is 0. The Morgan fingerprint density at radius 2 is 1.04 bits per heavy atom. The first-order chi connectivity index (χ1) is 21.6. The average Bonchev–Trinajstić information content (AvgIpc) is 3.36. The summed E-state index contributed by atoms with van der Waals surface area (Å²) in [6.07, 6.45) is 2.25. The van der Waals surface area contributed by atoms with Crippen LogP contribution in [0, 0.1) is 29.1 Å². The van der Waals surface area contributed by atoms with Gasteiger partial charge in [-0.05, 0) is 0 Å². The molecule has 1 fully saturated rings. The van der Waals surface area contributed by atoms with Crippen LogP contribution in [0.25, 0.3) is 0 Å². The summed E-state index contributed by atoms with van der Waals surface area (Å²) in [6, 6.07) is 0. The molecule has 45 heavy (non-hydrogen) atoms. The molecular weight excluding hydrogens is 617 g/mol. The van der Waals surface area contributed by atoms with Crippen LogP contribution in [0.5, 0.6) is 5.75 Å². The number of nitrogens with zero attached hydrogens (tertiary/aromatic N) is 3. The Kier molecular flexibility index (Phi) is 14.8. The van der Waals surface area contributed by atoms with Crippen LogP contribution in [-0.2, 0) is 38.1 Å². The Hall–Kier alpha value is -3.51. The number of rotatable bonds is 19. The number of hydrogen-bond donors (Lipinski definition) is 0. The van der Waals surface area contributed by atoms with E-state index in [1.165, 1.54) is 17.1 Å². The molecule has 0 spiro atoms. The van der Waals surface area contributed by atoms with Crippen LogP contribution in [-0.4, -0.2) is 131 Å². The lowest BCUT2D eigenvalue weighted by Crippen LogP contribution is -2.50. The van der Waals surface area contributed by atoms with Crippen LogP contribution in [0.4, 0.5) is 22.0 Å². The molecule has 0 atom stereocenters. The van der Waals surface area contributed by atoms with E-state index in [1.54, 1.807) is 4.90 Å². The first kappa shape index (κ1) is 36.0. The van der Waals surface area contributed by atoms with E-state index in [1.807, 2.05) is 0 Å². The molecule has 12 nitrogen and oxygen atoms in total. The summed E-state index contributed by atoms with van der Waals surface area (Å²) in [7, 11) is 0. The van der Waals surface area contributed by atoms with Gasteiger partial charge in [-0.2, -0.15) is 8.78 Å². The summed E-state index contributed by atoms with van der Waals surface area (Å²) < 4.78 is 91.8. The maximum Gasteiger partial charge on any atom is 0.313 e. The van der Waals surface area contributed by atoms with E-state index in [-0.39, 0.29) is 77.0 Å². The van der Waals surface area contributed by atoms with Gasteiger partial charge in [-0.1, -0.05) is 0 Å². The van der Waals surface area contributed by atoms with Crippen LogP contribution < -0.4 is 4.74 Å². The van der Waals surface area contributed by atoms with Gasteiger partial charge in [0.2, 0.25) is 40.7 Å². The lowest BCUT2D eigenvalue weighted by Gasteiger charge is -2.35. The van der Waals surface area contributed by atoms with Crippen molar-refractivity contribution in [3.8, 4) is 5.75 Å². The van der Waals surface area contributed by atoms with Gasteiger partial charge in [-0.25, -0.2) is 13.2 Å². The highest BCUT2D eigenvalue weighted by Crippen LogP contribution is 2.29. The number of halogens is 5. The van der Waals surface area contributed by atoms with Crippen molar-refractivity contribution in [1.29, 1.82) is 0 Å². The highest BCUT2D eigenvalue weighted by atomic mass is 19.2. The van der Waals surface area contributed by atoms with Crippen molar-refractivity contribution < 1.29 is 64.8 Å². The first-order valence-corrected chi connectivity index (χ1v) is 14.2. The molecule has 0 aliphatic carbocycles. The SMILES string of the molecule is O=C(CCOCCOCCOCCOCCC(=O)N1CCN(CCN2C(=O)C=CC2=O)CC1)Oc1c(F)c(F)c(F)c(F)c1F. The zero-order chi connectivity index (χ0) is 32.8. The highest BCUT2D eigenvalue weighted by molar-refractivity contribution is 6.12. The second-order valence-corrected chi connectivity index (χ2v) is 9.71. The molecule has 1 aromatic carbocycles. The van der Waals surface area contributed by atoms with Gasteiger partial charge in [0.15, 0.2) is 0 Å². The summed E-state index contributed by atoms with van der Waals surface area (Å²) in [6.45, 7) is 4.58. The number of piperazine rings is 1. The van der Waals surface area contributed by atoms with E-state index in [0.717, 1.165) is 0 Å². The number of amides is 3. The fourth-order valence-electron chi connectivity index (χ4n) is 4.19. The summed E-state index contributed by atoms with van der Waals surface area (Å²) in [5.74, 6) is -14.8. The molecule has 2 aliphatic rings. The molecule has 3 amide bonds. The number of imide groups is 1. The van der Waals surface area contributed by atoms with Gasteiger partial charge in [-0.3, -0.25) is 29.0 Å². The minimum atomic E-state index is -2.36. The van der Waals surface area contributed by atoms with E-state index in [0.29, 0.717) is 39.3 Å². The van der Waals surface area contributed by atoms with E-state index in [4.69, 9.17) is 18.9 Å². The van der Waals surface area contributed by atoms with E-state index < -0.39 is 47.2 Å². The van der Waals surface area contributed by atoms with Crippen LogP contribution in [0.2, 0.25) is 0 Å². The highest BCUT2D eigenvalue weighted by Gasteiger charge is 2.29. The minimum Gasteiger partial charge on any atom is -0.420 e. The van der Waals surface area contributed by atoms with Gasteiger partial charge in [0, 0.05) is 51.4 Å². The molecule has 0 bridgehead atoms. The molecule has 1 aromatic rings. The van der Waals surface area contributed by atoms with Gasteiger partial charge in [-0.15, -0.1) is 0 Å². The second kappa shape index (κ2) is 18.5. The maximum absolute atomic E-state index is 13.5. The molecule has 2 heterocycles. The molecule has 0 unspecified atom stereocenters. The van der Waals surface area contributed by atoms with Crippen LogP contribution in [0.15, 0.2) is 12.2 Å². The molecule has 0 saturated carbocycles. The third-order valence-corrected chi connectivity index (χ3v) is 6.68. The molecule has 1 saturated heterocycles. The number of carbonyl (C=O) groups excluding carboxylic acids is 4. The summed E-state index contributed by atoms with van der Waals surface area (Å²) in [5, 5.41) is 0. The standard InChI is InChI=1S/C28H34F5N3O9/c29-23-24(30)26(32)28(27(33)25(23)31)45-22(40)4-12-42-14-16-44-18-17-43-15-13-41-11-3-19(37)35-8-5-34(6-9-35)7-10-36-20(38)1-2-21(36)39/h1-2H,3-18H2. The monoisotopic (exact) mass is 651 g/mol. The molecule has 0 radical (unpaired) electrons. The van der Waals surface area contributed by atoms with Gasteiger partial charge in [0.05, 0.1) is 65.7 Å². The Balaban J connectivity index is 1.10. The van der Waals surface area contributed by atoms with Crippen molar-refractivity contribution in [3.05, 3.63) is 41.2 Å². The Morgan fingerprint density at radius 1 is 0.600 bits per heavy atom. The minimum absolute atomic E-state index is 0.0152. The molecule has 2 aliphatic heterocycles. The number of benzene rings is 1. The lowest BCUT2D eigenvalue weighted by molar-refractivity contribution is -0.138. The number of hydrogen-bond acceptors (Lipinski definition) is 10. The van der Waals surface area contributed by atoms with E-state index >= 15 is 0 Å². The van der Waals surface area contributed by atoms with Gasteiger partial charge in [0.25, 0.3) is 11.8 Å². The Morgan fingerprint density at radius 3 is 1.56 bits per heavy atom. The first-order valence-electron chi connectivity index (χ1n) is 14.2. The van der Waals surface area contributed by atoms with Crippen molar-refractivity contribution in [2.75, 3.05) is 92.1 Å². The topological polar surface area (TPSA) is 124 Å². The Bertz CT molecular complexity index is 1180. The number of esters is 1. The molecule has 0 aromatic heterocycles. The Labute approximate surface area is 255 Å². The van der Waals surface area contributed by atoms with E-state index in [9.17, 15) is 41.1 Å². The fourth-order valence-corrected chi connectivity index (χ4v) is 4.19. The third-order valence-electron chi connectivity index (χ3n) is 6.68. The fraction of sp³-hybridized carbons (Fsp3) is 0.571. The van der Waals surface area contributed by atoms with Crippen molar-refractivity contribution in [1.82, 2.24) is 14.7 Å². The predicted octanol–water partition coefficient (Wildman–Crippen LogP) is 1.20. The predicted molar refractivity (Wildman–Crippen MR) is 143 cm³/mol. The number of carbonyl (C=O) groups is 4. The summed E-state index contributed by atoms with van der Waals surface area (Å²) in [4.78, 5) is 52.4. The average molecular weight is 652 g/mol. The van der Waals surface area contributed by atoms with Crippen LogP contribution >= 0.6 is 0 Å². The van der Waals surface area contributed by atoms with E-state index in [2.05, 4.69) is 9.64 Å². The maximum atomic E-state index is 13.5. The van der Waals surface area contributed by atoms with Crippen molar-refractivity contribution in [2.24, 2.45) is 0 Å².